The zero-order valence-electron chi connectivity index (χ0n) is 27.5. The van der Waals surface area contributed by atoms with E-state index in [2.05, 4.69) is 26.7 Å². The van der Waals surface area contributed by atoms with Gasteiger partial charge in [-0.05, 0) is 109 Å². The SMILES string of the molecule is O=C(O)CCc1cc(CCNS(=O)(=O)c2ccc(Cl)cc2)cc(CCc2ccccc2OCCCN2CCN(c3ccc(F)cc3)CC2)c1. The predicted molar refractivity (Wildman–Crippen MR) is 192 cm³/mol. The molecule has 0 spiro atoms. The van der Waals surface area contributed by atoms with Crippen LogP contribution in [-0.2, 0) is 40.5 Å². The van der Waals surface area contributed by atoms with Crippen LogP contribution in [0.15, 0.2) is 95.9 Å². The number of anilines is 1. The van der Waals surface area contributed by atoms with Crippen LogP contribution in [0.1, 0.15) is 35.1 Å². The first-order valence-electron chi connectivity index (χ1n) is 16.7. The van der Waals surface area contributed by atoms with E-state index in [0.29, 0.717) is 24.5 Å². The summed E-state index contributed by atoms with van der Waals surface area (Å²) in [5.41, 5.74) is 5.08. The van der Waals surface area contributed by atoms with E-state index in [9.17, 15) is 22.7 Å². The Morgan fingerprint density at radius 3 is 2.18 bits per heavy atom. The van der Waals surface area contributed by atoms with Crippen molar-refractivity contribution in [3.05, 3.63) is 124 Å². The molecule has 260 valence electrons. The molecule has 1 fully saturated rings. The Hall–Kier alpha value is -3.96. The van der Waals surface area contributed by atoms with E-state index in [1.54, 1.807) is 12.1 Å². The fraction of sp³-hybridized carbons (Fsp3) is 0.342. The molecule has 1 aliphatic rings. The number of carboxylic acids is 1. The Morgan fingerprint density at radius 2 is 1.49 bits per heavy atom. The van der Waals surface area contributed by atoms with Crippen LogP contribution in [0.4, 0.5) is 10.1 Å². The number of para-hydroxylation sites is 1. The molecule has 5 rings (SSSR count). The number of nitrogens with one attached hydrogen (secondary N) is 1. The molecule has 4 aromatic rings. The Labute approximate surface area is 293 Å². The highest BCUT2D eigenvalue weighted by Gasteiger charge is 2.17. The van der Waals surface area contributed by atoms with Gasteiger partial charge in [-0.3, -0.25) is 9.69 Å². The van der Waals surface area contributed by atoms with Crippen molar-refractivity contribution in [2.45, 2.75) is 43.4 Å². The number of hydrogen-bond donors (Lipinski definition) is 2. The zero-order valence-corrected chi connectivity index (χ0v) is 29.1. The number of ether oxygens (including phenoxy) is 1. The predicted octanol–water partition coefficient (Wildman–Crippen LogP) is 6.39. The number of aliphatic carboxylic acids is 1. The highest BCUT2D eigenvalue weighted by molar-refractivity contribution is 7.89. The molecular weight excluding hydrogens is 665 g/mol. The molecule has 2 N–H and O–H groups in total. The number of carbonyl (C=O) groups is 1. The molecule has 0 unspecified atom stereocenters. The number of carboxylic acid groups (broad SMARTS) is 1. The Balaban J connectivity index is 1.12. The summed E-state index contributed by atoms with van der Waals surface area (Å²) in [7, 11) is -3.69. The molecule has 49 heavy (non-hydrogen) atoms. The standard InChI is InChI=1S/C38H43ClFN3O5S/c39-33-9-15-36(16-10-33)49(46,47)41-19-18-31-27-29(26-30(28-31)7-17-38(44)45)6-8-32-4-1-2-5-37(32)48-25-3-20-42-21-23-43(24-22-42)35-13-11-34(40)12-14-35/h1-2,4-5,9-16,26-28,41H,3,6-8,17-25H2,(H,44,45). The maximum Gasteiger partial charge on any atom is 0.303 e. The van der Waals surface area contributed by atoms with Gasteiger partial charge in [0, 0.05) is 56.4 Å². The highest BCUT2D eigenvalue weighted by atomic mass is 35.5. The molecule has 0 radical (unpaired) electrons. The number of aryl methyl sites for hydroxylation is 3. The number of sulfonamides is 1. The van der Waals surface area contributed by atoms with Crippen LogP contribution < -0.4 is 14.4 Å². The molecule has 8 nitrogen and oxygen atoms in total. The maximum absolute atomic E-state index is 13.3. The van der Waals surface area contributed by atoms with Gasteiger partial charge in [0.15, 0.2) is 0 Å². The topological polar surface area (TPSA) is 99.2 Å². The smallest absolute Gasteiger partial charge is 0.303 e. The molecule has 4 aromatic carbocycles. The minimum absolute atomic E-state index is 0.0205. The number of hydrogen-bond acceptors (Lipinski definition) is 6. The lowest BCUT2D eigenvalue weighted by Crippen LogP contribution is -2.46. The van der Waals surface area contributed by atoms with E-state index < -0.39 is 16.0 Å². The molecule has 0 aliphatic carbocycles. The molecule has 0 atom stereocenters. The van der Waals surface area contributed by atoms with Gasteiger partial charge in [-0.2, -0.15) is 0 Å². The van der Waals surface area contributed by atoms with Crippen molar-refractivity contribution < 1.29 is 27.4 Å². The van der Waals surface area contributed by atoms with E-state index in [4.69, 9.17) is 16.3 Å². The monoisotopic (exact) mass is 707 g/mol. The molecule has 1 heterocycles. The summed E-state index contributed by atoms with van der Waals surface area (Å²) < 4.78 is 47.7. The molecule has 0 aromatic heterocycles. The third-order valence-electron chi connectivity index (χ3n) is 8.67. The fourth-order valence-corrected chi connectivity index (χ4v) is 7.19. The Kier molecular flexibility index (Phi) is 13.1. The lowest BCUT2D eigenvalue weighted by atomic mass is 9.96. The van der Waals surface area contributed by atoms with Crippen molar-refractivity contribution in [1.29, 1.82) is 0 Å². The summed E-state index contributed by atoms with van der Waals surface area (Å²) in [6.07, 6.45) is 3.25. The third-order valence-corrected chi connectivity index (χ3v) is 10.4. The normalized spacial score (nSPS) is 13.8. The second-order valence-electron chi connectivity index (χ2n) is 12.3. The molecule has 0 amide bonds. The fourth-order valence-electron chi connectivity index (χ4n) is 6.03. The first-order valence-corrected chi connectivity index (χ1v) is 18.5. The van der Waals surface area contributed by atoms with Crippen molar-refractivity contribution in [1.82, 2.24) is 9.62 Å². The summed E-state index contributed by atoms with van der Waals surface area (Å²) in [6, 6.07) is 26.8. The van der Waals surface area contributed by atoms with E-state index in [0.717, 1.165) is 85.7 Å². The van der Waals surface area contributed by atoms with Crippen molar-refractivity contribution in [3.63, 3.8) is 0 Å². The number of halogens is 2. The van der Waals surface area contributed by atoms with E-state index >= 15 is 0 Å². The zero-order chi connectivity index (χ0) is 34.6. The first-order chi connectivity index (χ1) is 23.6. The quantitative estimate of drug-likeness (QED) is 0.123. The summed E-state index contributed by atoms with van der Waals surface area (Å²) in [5, 5.41) is 9.73. The molecule has 0 bridgehead atoms. The summed E-state index contributed by atoms with van der Waals surface area (Å²) in [6.45, 7) is 5.48. The molecule has 1 aliphatic heterocycles. The Bertz CT molecular complexity index is 1780. The number of benzene rings is 4. The first kappa shape index (κ1) is 36.3. The van der Waals surface area contributed by atoms with Gasteiger partial charge in [0.05, 0.1) is 11.5 Å². The third kappa shape index (κ3) is 11.3. The van der Waals surface area contributed by atoms with Gasteiger partial charge in [0.1, 0.15) is 11.6 Å². The van der Waals surface area contributed by atoms with Gasteiger partial charge in [0.2, 0.25) is 10.0 Å². The molecule has 11 heteroatoms. The second-order valence-corrected chi connectivity index (χ2v) is 14.5. The number of nitrogens with zero attached hydrogens (tertiary/aromatic N) is 2. The van der Waals surface area contributed by atoms with Crippen LogP contribution >= 0.6 is 11.6 Å². The van der Waals surface area contributed by atoms with Crippen LogP contribution in [0.5, 0.6) is 5.75 Å². The molecular formula is C38H43ClFN3O5S. The van der Waals surface area contributed by atoms with Crippen molar-refractivity contribution in [3.8, 4) is 5.75 Å². The van der Waals surface area contributed by atoms with E-state index in [1.807, 2.05) is 42.5 Å². The second kappa shape index (κ2) is 17.6. The van der Waals surface area contributed by atoms with Crippen LogP contribution in [0, 0.1) is 5.82 Å². The highest BCUT2D eigenvalue weighted by Crippen LogP contribution is 2.23. The lowest BCUT2D eigenvalue weighted by molar-refractivity contribution is -0.136. The van der Waals surface area contributed by atoms with Gasteiger partial charge in [-0.15, -0.1) is 0 Å². The molecule has 1 saturated heterocycles. The minimum atomic E-state index is -3.69. The lowest BCUT2D eigenvalue weighted by Gasteiger charge is -2.36. The summed E-state index contributed by atoms with van der Waals surface area (Å²) in [5.74, 6) is -0.212. The largest absolute Gasteiger partial charge is 0.493 e. The van der Waals surface area contributed by atoms with Crippen LogP contribution in [0.3, 0.4) is 0 Å². The van der Waals surface area contributed by atoms with Gasteiger partial charge in [-0.1, -0.05) is 48.0 Å². The van der Waals surface area contributed by atoms with Crippen LogP contribution in [0.25, 0.3) is 0 Å². The van der Waals surface area contributed by atoms with Crippen molar-refractivity contribution in [2.75, 3.05) is 50.8 Å². The summed E-state index contributed by atoms with van der Waals surface area (Å²) in [4.78, 5) is 16.2. The molecule has 0 saturated carbocycles. The van der Waals surface area contributed by atoms with Crippen molar-refractivity contribution in [2.24, 2.45) is 0 Å². The van der Waals surface area contributed by atoms with Crippen LogP contribution in [-0.4, -0.2) is 70.3 Å². The van der Waals surface area contributed by atoms with Gasteiger partial charge in [0.25, 0.3) is 0 Å². The maximum atomic E-state index is 13.3. The van der Waals surface area contributed by atoms with Crippen LogP contribution in [0.2, 0.25) is 5.02 Å². The van der Waals surface area contributed by atoms with Gasteiger partial charge in [-0.25, -0.2) is 17.5 Å². The minimum Gasteiger partial charge on any atom is -0.493 e. The van der Waals surface area contributed by atoms with Gasteiger partial charge < -0.3 is 14.7 Å². The number of rotatable bonds is 17. The van der Waals surface area contributed by atoms with E-state index in [1.165, 1.54) is 24.3 Å². The van der Waals surface area contributed by atoms with Crippen molar-refractivity contribution >= 4 is 33.3 Å². The summed E-state index contributed by atoms with van der Waals surface area (Å²) >= 11 is 5.90. The number of piperazine rings is 1. The average Bonchev–Trinajstić information content (AvgIpc) is 3.09. The van der Waals surface area contributed by atoms with Gasteiger partial charge >= 0.3 is 5.97 Å². The Morgan fingerprint density at radius 1 is 0.837 bits per heavy atom. The van der Waals surface area contributed by atoms with E-state index in [-0.39, 0.29) is 23.7 Å². The average molecular weight is 708 g/mol.